The molecule has 0 unspecified atom stereocenters. The highest BCUT2D eigenvalue weighted by Gasteiger charge is 2.48. The summed E-state index contributed by atoms with van der Waals surface area (Å²) in [6.45, 7) is 5.17. The lowest BCUT2D eigenvalue weighted by molar-refractivity contribution is -0.152. The smallest absolute Gasteiger partial charge is 0.227 e. The van der Waals surface area contributed by atoms with Crippen LogP contribution in [-0.4, -0.2) is 42.1 Å². The van der Waals surface area contributed by atoms with Gasteiger partial charge < -0.3 is 15.3 Å². The molecule has 2 aliphatic rings. The molecule has 2 heterocycles. The highest BCUT2D eigenvalue weighted by molar-refractivity contribution is 5.85. The van der Waals surface area contributed by atoms with Gasteiger partial charge in [-0.15, -0.1) is 12.4 Å². The molecule has 4 rings (SSSR count). The number of hydrogen-bond acceptors (Lipinski definition) is 3. The minimum atomic E-state index is -1.25. The third-order valence-electron chi connectivity index (χ3n) is 6.98. The molecule has 2 aromatic carbocycles. The standard InChI is InChI=1S/C24H27F3N2O2.ClH/c1-14-12-29(13-15(2)24(14,31)16-4-3-5-17(25)8-16)23(30)21-11-28-10-20(21)19-7-6-18(26)9-22(19)27;/h3-9,14-15,20-21,28,31H,10-13H2,1-2H3;1H/t14-,15+,20-,21+,24+;/m0./s1. The van der Waals surface area contributed by atoms with Crippen LogP contribution in [0.1, 0.15) is 30.9 Å². The van der Waals surface area contributed by atoms with Crippen LogP contribution in [0.4, 0.5) is 13.2 Å². The second kappa shape index (κ2) is 9.41. The minimum Gasteiger partial charge on any atom is -0.384 e. The fraction of sp³-hybridized carbons (Fsp3) is 0.458. The van der Waals surface area contributed by atoms with E-state index in [0.717, 1.165) is 6.07 Å². The molecule has 1 amide bonds. The van der Waals surface area contributed by atoms with Crippen molar-refractivity contribution in [3.05, 3.63) is 71.0 Å². The van der Waals surface area contributed by atoms with Gasteiger partial charge in [0.15, 0.2) is 0 Å². The van der Waals surface area contributed by atoms with Gasteiger partial charge in [-0.1, -0.05) is 32.0 Å². The number of benzene rings is 2. The Morgan fingerprint density at radius 1 is 1.03 bits per heavy atom. The van der Waals surface area contributed by atoms with Crippen LogP contribution >= 0.6 is 12.4 Å². The number of nitrogens with one attached hydrogen (secondary N) is 1. The van der Waals surface area contributed by atoms with Crippen molar-refractivity contribution in [3.63, 3.8) is 0 Å². The maximum absolute atomic E-state index is 14.4. The zero-order chi connectivity index (χ0) is 22.3. The Morgan fingerprint density at radius 2 is 1.69 bits per heavy atom. The van der Waals surface area contributed by atoms with Gasteiger partial charge in [-0.05, 0) is 29.3 Å². The first-order valence-corrected chi connectivity index (χ1v) is 10.6. The van der Waals surface area contributed by atoms with Crippen LogP contribution in [0.15, 0.2) is 42.5 Å². The Kier molecular flexibility index (Phi) is 7.22. The molecular formula is C24H28ClF3N2O2. The van der Waals surface area contributed by atoms with E-state index in [1.807, 2.05) is 13.8 Å². The van der Waals surface area contributed by atoms with E-state index in [1.165, 1.54) is 24.3 Å². The normalized spacial score (nSPS) is 30.1. The van der Waals surface area contributed by atoms with Crippen LogP contribution in [0.25, 0.3) is 0 Å². The Bertz CT molecular complexity index is 977. The summed E-state index contributed by atoms with van der Waals surface area (Å²) in [7, 11) is 0. The lowest BCUT2D eigenvalue weighted by atomic mass is 9.70. The van der Waals surface area contributed by atoms with E-state index in [0.29, 0.717) is 37.3 Å². The van der Waals surface area contributed by atoms with Gasteiger partial charge in [0.2, 0.25) is 5.91 Å². The molecule has 2 saturated heterocycles. The number of halogens is 4. The molecule has 2 N–H and O–H groups in total. The third-order valence-corrected chi connectivity index (χ3v) is 6.98. The van der Waals surface area contributed by atoms with Crippen molar-refractivity contribution in [3.8, 4) is 0 Å². The van der Waals surface area contributed by atoms with Crippen molar-refractivity contribution < 1.29 is 23.1 Å². The summed E-state index contributed by atoms with van der Waals surface area (Å²) in [6.07, 6.45) is 0. The quantitative estimate of drug-likeness (QED) is 0.720. The third kappa shape index (κ3) is 4.26. The number of likely N-dealkylation sites (tertiary alicyclic amines) is 1. The topological polar surface area (TPSA) is 52.6 Å². The van der Waals surface area contributed by atoms with Gasteiger partial charge in [0.25, 0.3) is 0 Å². The van der Waals surface area contributed by atoms with Gasteiger partial charge in [-0.3, -0.25) is 4.79 Å². The molecule has 0 radical (unpaired) electrons. The van der Waals surface area contributed by atoms with E-state index in [2.05, 4.69) is 5.32 Å². The Morgan fingerprint density at radius 3 is 2.31 bits per heavy atom. The van der Waals surface area contributed by atoms with Crippen LogP contribution in [0.3, 0.4) is 0 Å². The zero-order valence-corrected chi connectivity index (χ0v) is 18.8. The number of aliphatic hydroxyl groups is 1. The van der Waals surface area contributed by atoms with E-state index >= 15 is 0 Å². The van der Waals surface area contributed by atoms with Gasteiger partial charge in [0.1, 0.15) is 17.5 Å². The van der Waals surface area contributed by atoms with Gasteiger partial charge in [-0.2, -0.15) is 0 Å². The average molecular weight is 469 g/mol. The molecule has 2 aliphatic heterocycles. The van der Waals surface area contributed by atoms with Gasteiger partial charge in [-0.25, -0.2) is 13.2 Å². The first-order valence-electron chi connectivity index (χ1n) is 10.6. The maximum Gasteiger partial charge on any atom is 0.227 e. The number of rotatable bonds is 3. The van der Waals surface area contributed by atoms with Gasteiger partial charge >= 0.3 is 0 Å². The molecule has 0 aromatic heterocycles. The van der Waals surface area contributed by atoms with Gasteiger partial charge in [0.05, 0.1) is 11.5 Å². The van der Waals surface area contributed by atoms with Crippen LogP contribution < -0.4 is 5.32 Å². The molecule has 5 atom stereocenters. The van der Waals surface area contributed by atoms with Crippen molar-refractivity contribution in [1.82, 2.24) is 10.2 Å². The summed E-state index contributed by atoms with van der Waals surface area (Å²) >= 11 is 0. The monoisotopic (exact) mass is 468 g/mol. The molecule has 4 nitrogen and oxygen atoms in total. The summed E-state index contributed by atoms with van der Waals surface area (Å²) in [5.74, 6) is -3.32. The number of carbonyl (C=O) groups excluding carboxylic acids is 1. The van der Waals surface area contributed by atoms with Gasteiger partial charge in [0, 0.05) is 50.0 Å². The lowest BCUT2D eigenvalue weighted by Gasteiger charge is -2.48. The fourth-order valence-corrected chi connectivity index (χ4v) is 5.29. The Labute approximate surface area is 192 Å². The Balaban J connectivity index is 0.00000289. The predicted octanol–water partition coefficient (Wildman–Crippen LogP) is 3.83. The zero-order valence-electron chi connectivity index (χ0n) is 18.0. The molecular weight excluding hydrogens is 441 g/mol. The molecule has 0 aliphatic carbocycles. The summed E-state index contributed by atoms with van der Waals surface area (Å²) in [6, 6.07) is 9.43. The first kappa shape index (κ1) is 24.6. The minimum absolute atomic E-state index is 0. The van der Waals surface area contributed by atoms with E-state index in [4.69, 9.17) is 0 Å². The van der Waals surface area contributed by atoms with Crippen molar-refractivity contribution in [1.29, 1.82) is 0 Å². The fourth-order valence-electron chi connectivity index (χ4n) is 5.29. The van der Waals surface area contributed by atoms with E-state index in [-0.39, 0.29) is 36.1 Å². The molecule has 0 spiro atoms. The Hall–Kier alpha value is -2.09. The highest BCUT2D eigenvalue weighted by atomic mass is 35.5. The largest absolute Gasteiger partial charge is 0.384 e. The average Bonchev–Trinajstić information content (AvgIpc) is 3.20. The second-order valence-corrected chi connectivity index (χ2v) is 8.92. The number of carbonyl (C=O) groups is 1. The van der Waals surface area contributed by atoms with E-state index in [9.17, 15) is 23.1 Å². The van der Waals surface area contributed by atoms with Crippen LogP contribution in [-0.2, 0) is 10.4 Å². The van der Waals surface area contributed by atoms with E-state index < -0.39 is 29.0 Å². The number of amides is 1. The molecule has 0 saturated carbocycles. The second-order valence-electron chi connectivity index (χ2n) is 8.92. The molecule has 2 aromatic rings. The van der Waals surface area contributed by atoms with Crippen LogP contribution in [0.2, 0.25) is 0 Å². The molecule has 2 fully saturated rings. The first-order chi connectivity index (χ1) is 14.7. The molecule has 32 heavy (non-hydrogen) atoms. The summed E-state index contributed by atoms with van der Waals surface area (Å²) in [5.41, 5.74) is -0.414. The van der Waals surface area contributed by atoms with Crippen LogP contribution in [0.5, 0.6) is 0 Å². The van der Waals surface area contributed by atoms with Crippen LogP contribution in [0, 0.1) is 35.2 Å². The SMILES string of the molecule is C[C@@H]1CN(C(=O)[C@@H]2CNC[C@H]2c2ccc(F)cc2F)C[C@H](C)[C@]1(O)c1cccc(F)c1.Cl. The predicted molar refractivity (Wildman–Crippen MR) is 118 cm³/mol. The summed E-state index contributed by atoms with van der Waals surface area (Å²) in [4.78, 5) is 15.1. The summed E-state index contributed by atoms with van der Waals surface area (Å²) < 4.78 is 41.5. The molecule has 0 bridgehead atoms. The van der Waals surface area contributed by atoms with Crippen molar-refractivity contribution in [2.45, 2.75) is 25.4 Å². The van der Waals surface area contributed by atoms with Crippen molar-refractivity contribution >= 4 is 18.3 Å². The molecule has 8 heteroatoms. The van der Waals surface area contributed by atoms with E-state index in [1.54, 1.807) is 17.0 Å². The summed E-state index contributed by atoms with van der Waals surface area (Å²) in [5, 5.41) is 14.6. The highest BCUT2D eigenvalue weighted by Crippen LogP contribution is 2.42. The molecule has 174 valence electrons. The number of piperidine rings is 1. The number of nitrogens with zero attached hydrogens (tertiary/aromatic N) is 1. The van der Waals surface area contributed by atoms with Crippen molar-refractivity contribution in [2.24, 2.45) is 17.8 Å². The lowest BCUT2D eigenvalue weighted by Crippen LogP contribution is -2.57. The van der Waals surface area contributed by atoms with Crippen molar-refractivity contribution in [2.75, 3.05) is 26.2 Å². The number of hydrogen-bond donors (Lipinski definition) is 2. The maximum atomic E-state index is 14.4.